The molecule has 19 heavy (non-hydrogen) atoms. The van der Waals surface area contributed by atoms with Gasteiger partial charge in [-0.15, -0.1) is 11.6 Å². The van der Waals surface area contributed by atoms with Crippen molar-refractivity contribution in [2.45, 2.75) is 18.5 Å². The molecule has 2 nitrogen and oxygen atoms in total. The highest BCUT2D eigenvalue weighted by atomic mass is 79.9. The van der Waals surface area contributed by atoms with Crippen molar-refractivity contribution in [2.24, 2.45) is 0 Å². The van der Waals surface area contributed by atoms with E-state index in [9.17, 15) is 18.0 Å². The highest BCUT2D eigenvalue weighted by Gasteiger charge is 2.32. The summed E-state index contributed by atoms with van der Waals surface area (Å²) in [7, 11) is 1.49. The van der Waals surface area contributed by atoms with Crippen molar-refractivity contribution in [3.63, 3.8) is 0 Å². The summed E-state index contributed by atoms with van der Waals surface area (Å²) in [6.07, 6.45) is -4.48. The summed E-state index contributed by atoms with van der Waals surface area (Å²) < 4.78 is 38.2. The van der Waals surface area contributed by atoms with Crippen molar-refractivity contribution in [3.05, 3.63) is 33.8 Å². The molecule has 0 saturated heterocycles. The maximum absolute atomic E-state index is 12.6. The zero-order valence-corrected chi connectivity index (χ0v) is 12.6. The number of alkyl halides is 4. The summed E-state index contributed by atoms with van der Waals surface area (Å²) in [6.45, 7) is 1.95. The molecular weight excluding hydrogens is 346 g/mol. The average Bonchev–Trinajstić information content (AvgIpc) is 2.26. The van der Waals surface area contributed by atoms with E-state index >= 15 is 0 Å². The molecule has 1 aromatic rings. The zero-order chi connectivity index (χ0) is 14.8. The number of nitrogens with zero attached hydrogens (tertiary/aromatic N) is 1. The zero-order valence-electron chi connectivity index (χ0n) is 10.3. The Morgan fingerprint density at radius 1 is 1.47 bits per heavy atom. The summed E-state index contributed by atoms with van der Waals surface area (Å²) in [5.74, 6) is -0.509. The summed E-state index contributed by atoms with van der Waals surface area (Å²) in [4.78, 5) is 13.3. The van der Waals surface area contributed by atoms with E-state index in [0.29, 0.717) is 4.47 Å². The van der Waals surface area contributed by atoms with Gasteiger partial charge in [0, 0.05) is 23.4 Å². The van der Waals surface area contributed by atoms with Gasteiger partial charge in [0.25, 0.3) is 5.91 Å². The van der Waals surface area contributed by atoms with Crippen LogP contribution < -0.4 is 0 Å². The molecule has 1 unspecified atom stereocenters. The fraction of sp³-hybridized carbons (Fsp3) is 0.417. The lowest BCUT2D eigenvalue weighted by Crippen LogP contribution is -2.31. The number of carbonyl (C=O) groups is 1. The molecule has 1 rings (SSSR count). The lowest BCUT2D eigenvalue weighted by molar-refractivity contribution is -0.137. The summed E-state index contributed by atoms with van der Waals surface area (Å²) in [5.41, 5.74) is -0.888. The van der Waals surface area contributed by atoms with Crippen LogP contribution in [0.5, 0.6) is 0 Å². The topological polar surface area (TPSA) is 20.3 Å². The van der Waals surface area contributed by atoms with Gasteiger partial charge in [0.1, 0.15) is 0 Å². The number of carbonyl (C=O) groups excluding carboxylic acids is 1. The predicted molar refractivity (Wildman–Crippen MR) is 71.4 cm³/mol. The van der Waals surface area contributed by atoms with Crippen molar-refractivity contribution in [1.29, 1.82) is 0 Å². The number of hydrogen-bond acceptors (Lipinski definition) is 1. The van der Waals surface area contributed by atoms with E-state index in [1.807, 2.05) is 0 Å². The number of amides is 1. The summed E-state index contributed by atoms with van der Waals surface area (Å²) in [5, 5.41) is -0.279. The van der Waals surface area contributed by atoms with Gasteiger partial charge >= 0.3 is 6.18 Å². The SMILES string of the molecule is CC(Cl)CN(C)C(=O)c1cc(C(F)(F)F)ccc1Br. The number of halogens is 5. The van der Waals surface area contributed by atoms with E-state index in [2.05, 4.69) is 15.9 Å². The number of hydrogen-bond donors (Lipinski definition) is 0. The van der Waals surface area contributed by atoms with Gasteiger partial charge in [-0.05, 0) is 41.1 Å². The number of rotatable bonds is 3. The van der Waals surface area contributed by atoms with E-state index in [0.717, 1.165) is 12.1 Å². The van der Waals surface area contributed by atoms with E-state index in [-0.39, 0.29) is 17.5 Å². The molecule has 1 amide bonds. The second-order valence-corrected chi connectivity index (χ2v) is 5.76. The molecule has 7 heteroatoms. The first-order chi connectivity index (χ1) is 8.62. The Labute approximate surface area is 122 Å². The minimum atomic E-state index is -4.48. The highest BCUT2D eigenvalue weighted by Crippen LogP contribution is 2.32. The second kappa shape index (κ2) is 6.13. The largest absolute Gasteiger partial charge is 0.416 e. The summed E-state index contributed by atoms with van der Waals surface area (Å²) in [6, 6.07) is 2.97. The first-order valence-electron chi connectivity index (χ1n) is 5.39. The fourth-order valence-electron chi connectivity index (χ4n) is 1.53. The lowest BCUT2D eigenvalue weighted by atomic mass is 10.1. The van der Waals surface area contributed by atoms with Gasteiger partial charge in [-0.1, -0.05) is 0 Å². The minimum Gasteiger partial charge on any atom is -0.340 e. The first kappa shape index (κ1) is 16.3. The van der Waals surface area contributed by atoms with Gasteiger partial charge < -0.3 is 4.90 Å². The van der Waals surface area contributed by atoms with Crippen LogP contribution in [0.3, 0.4) is 0 Å². The van der Waals surface area contributed by atoms with Crippen molar-refractivity contribution in [3.8, 4) is 0 Å². The van der Waals surface area contributed by atoms with Crippen LogP contribution in [-0.2, 0) is 6.18 Å². The van der Waals surface area contributed by atoms with Gasteiger partial charge in [0.05, 0.1) is 11.1 Å². The Morgan fingerprint density at radius 2 is 2.05 bits per heavy atom. The van der Waals surface area contributed by atoms with Crippen LogP contribution >= 0.6 is 27.5 Å². The van der Waals surface area contributed by atoms with Gasteiger partial charge in [0.15, 0.2) is 0 Å². The van der Waals surface area contributed by atoms with Crippen molar-refractivity contribution in [1.82, 2.24) is 4.90 Å². The molecule has 0 aliphatic heterocycles. The first-order valence-corrected chi connectivity index (χ1v) is 6.62. The van der Waals surface area contributed by atoms with Gasteiger partial charge in [-0.25, -0.2) is 0 Å². The molecule has 0 saturated carbocycles. The van der Waals surface area contributed by atoms with E-state index in [4.69, 9.17) is 11.6 Å². The Hall–Kier alpha value is -0.750. The third-order valence-corrected chi connectivity index (χ3v) is 3.23. The van der Waals surface area contributed by atoms with Gasteiger partial charge in [-0.3, -0.25) is 4.79 Å². The van der Waals surface area contributed by atoms with Crippen LogP contribution in [0.25, 0.3) is 0 Å². The third kappa shape index (κ3) is 4.38. The van der Waals surface area contributed by atoms with Gasteiger partial charge in [0.2, 0.25) is 0 Å². The predicted octanol–water partition coefficient (Wildman–Crippen LogP) is 4.17. The lowest BCUT2D eigenvalue weighted by Gasteiger charge is -2.20. The fourth-order valence-corrected chi connectivity index (χ4v) is 2.15. The standard InChI is InChI=1S/C12H12BrClF3NO/c1-7(14)6-18(2)11(19)9-5-8(12(15,16)17)3-4-10(9)13/h3-5,7H,6H2,1-2H3. The third-order valence-electron chi connectivity index (χ3n) is 2.40. The maximum Gasteiger partial charge on any atom is 0.416 e. The molecule has 106 valence electrons. The Bertz CT molecular complexity index is 477. The summed E-state index contributed by atoms with van der Waals surface area (Å²) >= 11 is 8.85. The molecule has 0 N–H and O–H groups in total. The monoisotopic (exact) mass is 357 g/mol. The minimum absolute atomic E-state index is 0.0327. The van der Waals surface area contributed by atoms with Gasteiger partial charge in [-0.2, -0.15) is 13.2 Å². The molecule has 0 fully saturated rings. The molecule has 0 aliphatic rings. The maximum atomic E-state index is 12.6. The van der Waals surface area contributed by atoms with E-state index in [1.54, 1.807) is 6.92 Å². The second-order valence-electron chi connectivity index (χ2n) is 4.16. The molecule has 0 heterocycles. The molecular formula is C12H12BrClF3NO. The average molecular weight is 359 g/mol. The molecule has 1 atom stereocenters. The van der Waals surface area contributed by atoms with Crippen LogP contribution in [0, 0.1) is 0 Å². The van der Waals surface area contributed by atoms with Crippen LogP contribution in [0.15, 0.2) is 22.7 Å². The molecule has 0 spiro atoms. The van der Waals surface area contributed by atoms with Crippen LogP contribution in [0.4, 0.5) is 13.2 Å². The smallest absolute Gasteiger partial charge is 0.340 e. The van der Waals surface area contributed by atoms with Crippen LogP contribution in [0.1, 0.15) is 22.8 Å². The van der Waals surface area contributed by atoms with Crippen molar-refractivity contribution in [2.75, 3.05) is 13.6 Å². The molecule has 1 aromatic carbocycles. The molecule has 0 radical (unpaired) electrons. The molecule has 0 bridgehead atoms. The Morgan fingerprint density at radius 3 is 2.53 bits per heavy atom. The van der Waals surface area contributed by atoms with Crippen molar-refractivity contribution < 1.29 is 18.0 Å². The van der Waals surface area contributed by atoms with Crippen LogP contribution in [-0.4, -0.2) is 29.8 Å². The Kier molecular flexibility index (Phi) is 5.26. The van der Waals surface area contributed by atoms with E-state index in [1.165, 1.54) is 18.0 Å². The highest BCUT2D eigenvalue weighted by molar-refractivity contribution is 9.10. The quantitative estimate of drug-likeness (QED) is 0.743. The Balaban J connectivity index is 3.09. The number of benzene rings is 1. The molecule has 0 aliphatic carbocycles. The van der Waals surface area contributed by atoms with E-state index < -0.39 is 17.6 Å². The van der Waals surface area contributed by atoms with Crippen molar-refractivity contribution >= 4 is 33.4 Å². The van der Waals surface area contributed by atoms with Crippen LogP contribution in [0.2, 0.25) is 0 Å². The normalized spacial score (nSPS) is 13.2. The molecule has 0 aromatic heterocycles.